The largest absolute Gasteiger partial charge is 0.489 e. The van der Waals surface area contributed by atoms with Gasteiger partial charge in [0.15, 0.2) is 0 Å². The fourth-order valence-corrected chi connectivity index (χ4v) is 3.72. The molecular formula is C26H37ClO2. The summed E-state index contributed by atoms with van der Waals surface area (Å²) < 4.78 is 11.3. The third kappa shape index (κ3) is 8.80. The molecule has 2 rings (SSSR count). The molecule has 2 nitrogen and oxygen atoms in total. The highest BCUT2D eigenvalue weighted by Crippen LogP contribution is 2.31. The van der Waals surface area contributed by atoms with E-state index in [-0.39, 0.29) is 6.10 Å². The summed E-state index contributed by atoms with van der Waals surface area (Å²) in [4.78, 5) is 0. The van der Waals surface area contributed by atoms with Crippen molar-refractivity contribution in [2.24, 2.45) is 0 Å². The molecule has 0 N–H and O–H groups in total. The topological polar surface area (TPSA) is 18.5 Å². The normalized spacial score (nSPS) is 12.1. The minimum atomic E-state index is 0.0552. The number of ether oxygens (including phenoxy) is 2. The van der Waals surface area contributed by atoms with Crippen LogP contribution in [0.15, 0.2) is 42.5 Å². The van der Waals surface area contributed by atoms with Gasteiger partial charge in [0.1, 0.15) is 12.4 Å². The molecule has 0 radical (unpaired) electrons. The van der Waals surface area contributed by atoms with E-state index in [1.807, 2.05) is 26.0 Å². The molecule has 0 aliphatic rings. The van der Waals surface area contributed by atoms with Crippen LogP contribution in [0.5, 0.6) is 5.75 Å². The summed E-state index contributed by atoms with van der Waals surface area (Å²) in [5, 5.41) is 0.637. The molecule has 0 spiro atoms. The molecule has 29 heavy (non-hydrogen) atoms. The van der Waals surface area contributed by atoms with E-state index in [0.29, 0.717) is 24.0 Å². The Morgan fingerprint density at radius 2 is 1.48 bits per heavy atom. The Hall–Kier alpha value is -1.51. The Bertz CT molecular complexity index is 696. The summed E-state index contributed by atoms with van der Waals surface area (Å²) >= 11 is 6.44. The van der Waals surface area contributed by atoms with Crippen molar-refractivity contribution in [3.05, 3.63) is 53.1 Å². The molecule has 1 unspecified atom stereocenters. The summed E-state index contributed by atoms with van der Waals surface area (Å²) in [7, 11) is 0. The first-order valence-electron chi connectivity index (χ1n) is 11.3. The molecule has 0 saturated heterocycles. The Morgan fingerprint density at radius 3 is 2.14 bits per heavy atom. The first kappa shape index (κ1) is 23.8. The molecule has 0 bridgehead atoms. The Kier molecular flexibility index (Phi) is 11.2. The van der Waals surface area contributed by atoms with Crippen molar-refractivity contribution < 1.29 is 9.47 Å². The predicted octanol–water partition coefficient (Wildman–Crippen LogP) is 8.10. The van der Waals surface area contributed by atoms with E-state index in [1.165, 1.54) is 62.5 Å². The first-order chi connectivity index (χ1) is 14.1. The van der Waals surface area contributed by atoms with Crippen LogP contribution in [0.3, 0.4) is 0 Å². The van der Waals surface area contributed by atoms with Gasteiger partial charge in [-0.2, -0.15) is 0 Å². The standard InChI is InChI=1S/C26H37ClO2/c1-4-6-7-8-9-10-11-12-22-13-15-23(16-14-22)24-17-18-26(25(27)19-24)29-20-21(3)28-5-2/h13-19,21H,4-12,20H2,1-3H3. The van der Waals surface area contributed by atoms with E-state index >= 15 is 0 Å². The Labute approximate surface area is 182 Å². The Balaban J connectivity index is 1.82. The van der Waals surface area contributed by atoms with Gasteiger partial charge in [-0.05, 0) is 55.5 Å². The highest BCUT2D eigenvalue weighted by molar-refractivity contribution is 6.32. The van der Waals surface area contributed by atoms with Gasteiger partial charge in [0.25, 0.3) is 0 Å². The van der Waals surface area contributed by atoms with Gasteiger partial charge < -0.3 is 9.47 Å². The zero-order valence-electron chi connectivity index (χ0n) is 18.4. The van der Waals surface area contributed by atoms with Crippen molar-refractivity contribution in [1.29, 1.82) is 0 Å². The quantitative estimate of drug-likeness (QED) is 0.289. The summed E-state index contributed by atoms with van der Waals surface area (Å²) in [5.41, 5.74) is 3.71. The van der Waals surface area contributed by atoms with Crippen molar-refractivity contribution in [2.45, 2.75) is 78.2 Å². The van der Waals surface area contributed by atoms with Crippen LogP contribution in [-0.2, 0) is 11.2 Å². The molecule has 0 saturated carbocycles. The molecule has 160 valence electrons. The van der Waals surface area contributed by atoms with Gasteiger partial charge in [-0.25, -0.2) is 0 Å². The lowest BCUT2D eigenvalue weighted by atomic mass is 10.0. The molecule has 0 aromatic heterocycles. The fraction of sp³-hybridized carbons (Fsp3) is 0.538. The summed E-state index contributed by atoms with van der Waals surface area (Å²) in [6.07, 6.45) is 10.7. The number of hydrogen-bond donors (Lipinski definition) is 0. The second-order valence-corrected chi connectivity index (χ2v) is 8.20. The Morgan fingerprint density at radius 1 is 0.828 bits per heavy atom. The maximum atomic E-state index is 6.44. The van der Waals surface area contributed by atoms with Crippen LogP contribution in [-0.4, -0.2) is 19.3 Å². The summed E-state index contributed by atoms with van der Waals surface area (Å²) in [5.74, 6) is 0.706. The molecule has 2 aromatic carbocycles. The molecule has 2 aromatic rings. The SMILES string of the molecule is CCCCCCCCCc1ccc(-c2ccc(OCC(C)OCC)c(Cl)c2)cc1. The van der Waals surface area contributed by atoms with E-state index in [2.05, 4.69) is 37.3 Å². The third-order valence-electron chi connectivity index (χ3n) is 5.21. The number of hydrogen-bond acceptors (Lipinski definition) is 2. The average molecular weight is 417 g/mol. The second kappa shape index (κ2) is 13.7. The number of rotatable bonds is 14. The van der Waals surface area contributed by atoms with Crippen molar-refractivity contribution in [2.75, 3.05) is 13.2 Å². The van der Waals surface area contributed by atoms with Crippen molar-refractivity contribution in [3.8, 4) is 16.9 Å². The van der Waals surface area contributed by atoms with E-state index in [9.17, 15) is 0 Å². The van der Waals surface area contributed by atoms with Crippen LogP contribution >= 0.6 is 11.6 Å². The van der Waals surface area contributed by atoms with Crippen LogP contribution in [0, 0.1) is 0 Å². The van der Waals surface area contributed by atoms with Gasteiger partial charge >= 0.3 is 0 Å². The fourth-order valence-electron chi connectivity index (χ4n) is 3.49. The molecule has 0 fully saturated rings. The van der Waals surface area contributed by atoms with Gasteiger partial charge in [-0.15, -0.1) is 0 Å². The van der Waals surface area contributed by atoms with Crippen LogP contribution < -0.4 is 4.74 Å². The number of aryl methyl sites for hydroxylation is 1. The molecule has 1 atom stereocenters. The third-order valence-corrected chi connectivity index (χ3v) is 5.51. The lowest BCUT2D eigenvalue weighted by Gasteiger charge is -2.14. The summed E-state index contributed by atoms with van der Waals surface area (Å²) in [6, 6.07) is 14.9. The maximum absolute atomic E-state index is 6.44. The van der Waals surface area contributed by atoms with Crippen LogP contribution in [0.4, 0.5) is 0 Å². The smallest absolute Gasteiger partial charge is 0.138 e. The van der Waals surface area contributed by atoms with E-state index in [4.69, 9.17) is 21.1 Å². The molecule has 0 heterocycles. The number of unbranched alkanes of at least 4 members (excludes halogenated alkanes) is 6. The molecule has 0 aliphatic carbocycles. The lowest BCUT2D eigenvalue weighted by molar-refractivity contribution is 0.0402. The minimum absolute atomic E-state index is 0.0552. The lowest BCUT2D eigenvalue weighted by Crippen LogP contribution is -2.17. The van der Waals surface area contributed by atoms with Gasteiger partial charge in [-0.1, -0.05) is 87.4 Å². The average Bonchev–Trinajstić information content (AvgIpc) is 2.73. The van der Waals surface area contributed by atoms with E-state index < -0.39 is 0 Å². The highest BCUT2D eigenvalue weighted by Gasteiger charge is 2.08. The highest BCUT2D eigenvalue weighted by atomic mass is 35.5. The predicted molar refractivity (Wildman–Crippen MR) is 125 cm³/mol. The maximum Gasteiger partial charge on any atom is 0.138 e. The first-order valence-corrected chi connectivity index (χ1v) is 11.6. The molecular weight excluding hydrogens is 380 g/mol. The van der Waals surface area contributed by atoms with Crippen molar-refractivity contribution in [3.63, 3.8) is 0 Å². The zero-order chi connectivity index (χ0) is 20.9. The van der Waals surface area contributed by atoms with Crippen LogP contribution in [0.2, 0.25) is 5.02 Å². The number of benzene rings is 2. The molecule has 0 amide bonds. The van der Waals surface area contributed by atoms with Gasteiger partial charge in [0.05, 0.1) is 11.1 Å². The van der Waals surface area contributed by atoms with Crippen molar-refractivity contribution >= 4 is 11.6 Å². The summed E-state index contributed by atoms with van der Waals surface area (Å²) in [6.45, 7) is 7.44. The zero-order valence-corrected chi connectivity index (χ0v) is 19.1. The molecule has 0 aliphatic heterocycles. The van der Waals surface area contributed by atoms with Crippen LogP contribution in [0.1, 0.15) is 71.3 Å². The monoisotopic (exact) mass is 416 g/mol. The van der Waals surface area contributed by atoms with Gasteiger partial charge in [0, 0.05) is 6.61 Å². The van der Waals surface area contributed by atoms with E-state index in [1.54, 1.807) is 0 Å². The molecule has 3 heteroatoms. The van der Waals surface area contributed by atoms with Gasteiger partial charge in [0.2, 0.25) is 0 Å². The van der Waals surface area contributed by atoms with E-state index in [0.717, 1.165) is 5.56 Å². The minimum Gasteiger partial charge on any atom is -0.489 e. The van der Waals surface area contributed by atoms with Crippen molar-refractivity contribution in [1.82, 2.24) is 0 Å². The van der Waals surface area contributed by atoms with Crippen LogP contribution in [0.25, 0.3) is 11.1 Å². The second-order valence-electron chi connectivity index (χ2n) is 7.79. The number of halogens is 1. The van der Waals surface area contributed by atoms with Gasteiger partial charge in [-0.3, -0.25) is 0 Å².